The van der Waals surface area contributed by atoms with Gasteiger partial charge in [0.05, 0.1) is 6.61 Å². The molecule has 0 spiro atoms. The molecule has 21 heavy (non-hydrogen) atoms. The lowest BCUT2D eigenvalue weighted by Gasteiger charge is -2.31. The summed E-state index contributed by atoms with van der Waals surface area (Å²) in [5, 5.41) is 0. The van der Waals surface area contributed by atoms with E-state index in [0.29, 0.717) is 5.92 Å². The van der Waals surface area contributed by atoms with E-state index in [9.17, 15) is 0 Å². The molecule has 0 radical (unpaired) electrons. The van der Waals surface area contributed by atoms with Crippen LogP contribution in [-0.4, -0.2) is 31.1 Å². The van der Waals surface area contributed by atoms with Crippen LogP contribution in [0.4, 0.5) is 0 Å². The molecule has 3 heteroatoms. The molecule has 1 fully saturated rings. The highest BCUT2D eigenvalue weighted by molar-refractivity contribution is 5.33. The van der Waals surface area contributed by atoms with Gasteiger partial charge in [-0.15, -0.1) is 0 Å². The van der Waals surface area contributed by atoms with Gasteiger partial charge in [-0.1, -0.05) is 32.0 Å². The van der Waals surface area contributed by atoms with Gasteiger partial charge in [-0.05, 0) is 56.8 Å². The first-order valence-corrected chi connectivity index (χ1v) is 8.32. The number of likely N-dealkylation sites (tertiary alicyclic amines) is 1. The molecule has 0 amide bonds. The first-order valence-electron chi connectivity index (χ1n) is 8.32. The molecule has 1 heterocycles. The van der Waals surface area contributed by atoms with Crippen molar-refractivity contribution in [2.75, 3.05) is 26.2 Å². The van der Waals surface area contributed by atoms with Crippen molar-refractivity contribution in [3.63, 3.8) is 0 Å². The number of piperidine rings is 1. The molecule has 1 aliphatic heterocycles. The predicted molar refractivity (Wildman–Crippen MR) is 88.4 cm³/mol. The van der Waals surface area contributed by atoms with Crippen LogP contribution in [0.25, 0.3) is 0 Å². The maximum atomic E-state index is 5.99. The number of nitrogens with two attached hydrogens (primary N) is 1. The Morgan fingerprint density at radius 2 is 1.95 bits per heavy atom. The average molecular weight is 290 g/mol. The Bertz CT molecular complexity index is 411. The molecule has 1 aliphatic rings. The van der Waals surface area contributed by atoms with Gasteiger partial charge in [0.1, 0.15) is 5.75 Å². The number of para-hydroxylation sites is 1. The van der Waals surface area contributed by atoms with Crippen molar-refractivity contribution in [1.82, 2.24) is 4.90 Å². The largest absolute Gasteiger partial charge is 0.493 e. The second kappa shape index (κ2) is 8.40. The zero-order chi connectivity index (χ0) is 15.1. The van der Waals surface area contributed by atoms with Crippen molar-refractivity contribution in [3.05, 3.63) is 29.8 Å². The third-order valence-corrected chi connectivity index (χ3v) is 4.36. The van der Waals surface area contributed by atoms with Crippen LogP contribution in [0, 0.1) is 11.8 Å². The molecular weight excluding hydrogens is 260 g/mol. The summed E-state index contributed by atoms with van der Waals surface area (Å²) in [5.74, 6) is 2.46. The third-order valence-electron chi connectivity index (χ3n) is 4.36. The van der Waals surface area contributed by atoms with Gasteiger partial charge in [0.15, 0.2) is 0 Å². The number of ether oxygens (including phenoxy) is 1. The molecule has 1 aromatic rings. The van der Waals surface area contributed by atoms with Crippen LogP contribution in [0.1, 0.15) is 38.7 Å². The van der Waals surface area contributed by atoms with Gasteiger partial charge in [0, 0.05) is 12.1 Å². The summed E-state index contributed by atoms with van der Waals surface area (Å²) in [7, 11) is 0. The van der Waals surface area contributed by atoms with Gasteiger partial charge in [-0.25, -0.2) is 0 Å². The van der Waals surface area contributed by atoms with Crippen LogP contribution < -0.4 is 10.5 Å². The fourth-order valence-corrected chi connectivity index (χ4v) is 2.80. The Balaban J connectivity index is 1.87. The number of benzene rings is 1. The monoisotopic (exact) mass is 290 g/mol. The lowest BCUT2D eigenvalue weighted by atomic mass is 9.97. The van der Waals surface area contributed by atoms with Gasteiger partial charge in [-0.2, -0.15) is 0 Å². The molecule has 0 saturated carbocycles. The van der Waals surface area contributed by atoms with Crippen molar-refractivity contribution in [3.8, 4) is 5.75 Å². The van der Waals surface area contributed by atoms with Crippen molar-refractivity contribution in [2.45, 2.75) is 39.7 Å². The first-order chi connectivity index (χ1) is 10.2. The quantitative estimate of drug-likeness (QED) is 0.837. The zero-order valence-corrected chi connectivity index (χ0v) is 13.6. The van der Waals surface area contributed by atoms with Crippen molar-refractivity contribution < 1.29 is 4.74 Å². The summed E-state index contributed by atoms with van der Waals surface area (Å²) in [6.45, 7) is 9.42. The second-order valence-electron chi connectivity index (χ2n) is 6.59. The molecule has 0 bridgehead atoms. The summed E-state index contributed by atoms with van der Waals surface area (Å²) in [6.07, 6.45) is 3.57. The molecule has 118 valence electrons. The molecule has 1 aromatic carbocycles. The number of hydrogen-bond donors (Lipinski definition) is 1. The summed E-state index contributed by atoms with van der Waals surface area (Å²) in [4.78, 5) is 2.52. The molecule has 0 atom stereocenters. The van der Waals surface area contributed by atoms with Crippen LogP contribution in [0.5, 0.6) is 5.75 Å². The highest BCUT2D eigenvalue weighted by Crippen LogP contribution is 2.23. The Morgan fingerprint density at radius 3 is 2.62 bits per heavy atom. The smallest absolute Gasteiger partial charge is 0.123 e. The molecule has 0 unspecified atom stereocenters. The van der Waals surface area contributed by atoms with Crippen LogP contribution in [0.2, 0.25) is 0 Å². The van der Waals surface area contributed by atoms with Crippen molar-refractivity contribution >= 4 is 0 Å². The molecule has 0 aromatic heterocycles. The third kappa shape index (κ3) is 5.33. The van der Waals surface area contributed by atoms with E-state index in [-0.39, 0.29) is 0 Å². The number of nitrogens with zero attached hydrogens (tertiary/aromatic N) is 1. The molecular formula is C18H30N2O. The standard InChI is InChI=1S/C18H30N2O/c1-15(2)9-12-21-18-6-4-3-5-17(18)14-20-10-7-16(13-19)8-11-20/h3-6,15-16H,7-14,19H2,1-2H3. The van der Waals surface area contributed by atoms with E-state index < -0.39 is 0 Å². The van der Waals surface area contributed by atoms with E-state index >= 15 is 0 Å². The Kier molecular flexibility index (Phi) is 6.52. The summed E-state index contributed by atoms with van der Waals surface area (Å²) < 4.78 is 5.99. The highest BCUT2D eigenvalue weighted by atomic mass is 16.5. The van der Waals surface area contributed by atoms with Crippen molar-refractivity contribution in [1.29, 1.82) is 0 Å². The minimum atomic E-state index is 0.687. The van der Waals surface area contributed by atoms with Gasteiger partial charge in [-0.3, -0.25) is 4.90 Å². The van der Waals surface area contributed by atoms with Crippen molar-refractivity contribution in [2.24, 2.45) is 17.6 Å². The fourth-order valence-electron chi connectivity index (χ4n) is 2.80. The number of rotatable bonds is 7. The van der Waals surface area contributed by atoms with E-state index in [0.717, 1.165) is 50.9 Å². The molecule has 2 N–H and O–H groups in total. The summed E-state index contributed by atoms with van der Waals surface area (Å²) in [6, 6.07) is 8.47. The predicted octanol–water partition coefficient (Wildman–Crippen LogP) is 3.28. The summed E-state index contributed by atoms with van der Waals surface area (Å²) in [5.41, 5.74) is 7.08. The van der Waals surface area contributed by atoms with E-state index in [1.165, 1.54) is 18.4 Å². The van der Waals surface area contributed by atoms with E-state index in [1.807, 2.05) is 0 Å². The highest BCUT2D eigenvalue weighted by Gasteiger charge is 2.18. The second-order valence-corrected chi connectivity index (χ2v) is 6.59. The Hall–Kier alpha value is -1.06. The van der Waals surface area contributed by atoms with Gasteiger partial charge in [0.25, 0.3) is 0 Å². The minimum Gasteiger partial charge on any atom is -0.493 e. The fraction of sp³-hybridized carbons (Fsp3) is 0.667. The first kappa shape index (κ1) is 16.3. The minimum absolute atomic E-state index is 0.687. The molecule has 3 nitrogen and oxygen atoms in total. The Labute approximate surface area is 129 Å². The van der Waals surface area contributed by atoms with Gasteiger partial charge >= 0.3 is 0 Å². The van der Waals surface area contributed by atoms with Crippen LogP contribution in [0.15, 0.2) is 24.3 Å². The molecule has 1 saturated heterocycles. The SMILES string of the molecule is CC(C)CCOc1ccccc1CN1CCC(CN)CC1. The van der Waals surface area contributed by atoms with Crippen LogP contribution >= 0.6 is 0 Å². The van der Waals surface area contributed by atoms with E-state index in [1.54, 1.807) is 0 Å². The topological polar surface area (TPSA) is 38.5 Å². The van der Waals surface area contributed by atoms with E-state index in [2.05, 4.69) is 43.0 Å². The lowest BCUT2D eigenvalue weighted by Crippen LogP contribution is -2.35. The Morgan fingerprint density at radius 1 is 1.24 bits per heavy atom. The van der Waals surface area contributed by atoms with Crippen LogP contribution in [-0.2, 0) is 6.54 Å². The van der Waals surface area contributed by atoms with Gasteiger partial charge < -0.3 is 10.5 Å². The number of hydrogen-bond acceptors (Lipinski definition) is 3. The average Bonchev–Trinajstić information content (AvgIpc) is 2.49. The van der Waals surface area contributed by atoms with Gasteiger partial charge in [0.2, 0.25) is 0 Å². The summed E-state index contributed by atoms with van der Waals surface area (Å²) >= 11 is 0. The zero-order valence-electron chi connectivity index (χ0n) is 13.6. The molecule has 0 aliphatic carbocycles. The van der Waals surface area contributed by atoms with E-state index in [4.69, 9.17) is 10.5 Å². The lowest BCUT2D eigenvalue weighted by molar-refractivity contribution is 0.177. The van der Waals surface area contributed by atoms with Crippen LogP contribution in [0.3, 0.4) is 0 Å². The maximum absolute atomic E-state index is 5.99. The molecule has 2 rings (SSSR count). The normalized spacial score (nSPS) is 17.3. The maximum Gasteiger partial charge on any atom is 0.123 e.